The highest BCUT2D eigenvalue weighted by atomic mass is 15.3. The Morgan fingerprint density at radius 3 is 2.80 bits per heavy atom. The third-order valence-electron chi connectivity index (χ3n) is 2.12. The lowest BCUT2D eigenvalue weighted by Crippen LogP contribution is -2.00. The fourth-order valence-electron chi connectivity index (χ4n) is 1.38. The Balaban J connectivity index is 2.51. The predicted octanol–water partition coefficient (Wildman–Crippen LogP) is 1.63. The number of nitrogens with two attached hydrogens (primary N) is 1. The van der Waals surface area contributed by atoms with Crippen molar-refractivity contribution in [2.24, 2.45) is 0 Å². The highest BCUT2D eigenvalue weighted by Gasteiger charge is 2.03. The van der Waals surface area contributed by atoms with E-state index < -0.39 is 0 Å². The number of anilines is 1. The van der Waals surface area contributed by atoms with Crippen molar-refractivity contribution in [3.8, 4) is 11.8 Å². The van der Waals surface area contributed by atoms with Crippen LogP contribution in [-0.2, 0) is 0 Å². The van der Waals surface area contributed by atoms with Crippen molar-refractivity contribution in [3.63, 3.8) is 0 Å². The summed E-state index contributed by atoms with van der Waals surface area (Å²) in [7, 11) is 0. The summed E-state index contributed by atoms with van der Waals surface area (Å²) in [6.07, 6.45) is 3.65. The van der Waals surface area contributed by atoms with Gasteiger partial charge >= 0.3 is 0 Å². The summed E-state index contributed by atoms with van der Waals surface area (Å²) in [6.45, 7) is 1.96. The van der Waals surface area contributed by atoms with Crippen LogP contribution in [0.5, 0.6) is 0 Å². The molecule has 2 aromatic rings. The maximum atomic E-state index is 8.70. The standard InChI is InChI=1S/C11H10N4/c1-8-6-14-15(7-8)11-3-2-9(5-12)4-10(11)13/h2-4,6-7H,13H2,1H3. The third-order valence-corrected chi connectivity index (χ3v) is 2.12. The van der Waals surface area contributed by atoms with Crippen LogP contribution >= 0.6 is 0 Å². The lowest BCUT2D eigenvalue weighted by atomic mass is 10.2. The first-order valence-corrected chi connectivity index (χ1v) is 4.52. The second kappa shape index (κ2) is 3.46. The summed E-state index contributed by atoms with van der Waals surface area (Å²) < 4.78 is 1.70. The van der Waals surface area contributed by atoms with Gasteiger partial charge in [0.1, 0.15) is 0 Å². The molecular weight excluding hydrogens is 188 g/mol. The Morgan fingerprint density at radius 2 is 2.27 bits per heavy atom. The van der Waals surface area contributed by atoms with E-state index >= 15 is 0 Å². The molecule has 0 saturated heterocycles. The van der Waals surface area contributed by atoms with E-state index in [0.29, 0.717) is 11.3 Å². The minimum atomic E-state index is 0.553. The van der Waals surface area contributed by atoms with Crippen molar-refractivity contribution in [1.29, 1.82) is 5.26 Å². The van der Waals surface area contributed by atoms with E-state index in [1.54, 1.807) is 29.1 Å². The fourth-order valence-corrected chi connectivity index (χ4v) is 1.38. The molecule has 1 aromatic heterocycles. The van der Waals surface area contributed by atoms with E-state index in [1.165, 1.54) is 0 Å². The van der Waals surface area contributed by atoms with Crippen molar-refractivity contribution in [2.45, 2.75) is 6.92 Å². The second-order valence-corrected chi connectivity index (χ2v) is 3.35. The monoisotopic (exact) mass is 198 g/mol. The van der Waals surface area contributed by atoms with E-state index in [0.717, 1.165) is 11.3 Å². The van der Waals surface area contributed by atoms with Crippen LogP contribution in [0.1, 0.15) is 11.1 Å². The summed E-state index contributed by atoms with van der Waals surface area (Å²) in [4.78, 5) is 0. The number of aryl methyl sites for hydroxylation is 1. The van der Waals surface area contributed by atoms with Crippen molar-refractivity contribution in [2.75, 3.05) is 5.73 Å². The quantitative estimate of drug-likeness (QED) is 0.708. The smallest absolute Gasteiger partial charge is 0.0992 e. The molecule has 0 unspecified atom stereocenters. The zero-order valence-electron chi connectivity index (χ0n) is 8.31. The molecule has 1 heterocycles. The number of benzene rings is 1. The topological polar surface area (TPSA) is 67.6 Å². The molecule has 4 nitrogen and oxygen atoms in total. The van der Waals surface area contributed by atoms with Gasteiger partial charge in [-0.3, -0.25) is 0 Å². The average molecular weight is 198 g/mol. The van der Waals surface area contributed by atoms with Gasteiger partial charge in [0.25, 0.3) is 0 Å². The number of nitriles is 1. The van der Waals surface area contributed by atoms with Gasteiger partial charge in [0, 0.05) is 6.20 Å². The maximum Gasteiger partial charge on any atom is 0.0992 e. The van der Waals surface area contributed by atoms with E-state index in [-0.39, 0.29) is 0 Å². The van der Waals surface area contributed by atoms with Gasteiger partial charge in [-0.25, -0.2) is 4.68 Å². The van der Waals surface area contributed by atoms with E-state index in [9.17, 15) is 0 Å². The molecule has 15 heavy (non-hydrogen) atoms. The first-order chi connectivity index (χ1) is 7.20. The van der Waals surface area contributed by atoms with Gasteiger partial charge in [0.15, 0.2) is 0 Å². The first-order valence-electron chi connectivity index (χ1n) is 4.52. The Morgan fingerprint density at radius 1 is 1.47 bits per heavy atom. The molecule has 0 atom stereocenters. The molecule has 0 amide bonds. The van der Waals surface area contributed by atoms with Gasteiger partial charge in [0.2, 0.25) is 0 Å². The van der Waals surface area contributed by atoms with Gasteiger partial charge in [0.05, 0.1) is 29.2 Å². The summed E-state index contributed by atoms with van der Waals surface area (Å²) in [5.74, 6) is 0. The molecule has 0 radical (unpaired) electrons. The number of rotatable bonds is 1. The Labute approximate surface area is 87.6 Å². The van der Waals surface area contributed by atoms with Crippen molar-refractivity contribution in [1.82, 2.24) is 9.78 Å². The van der Waals surface area contributed by atoms with Gasteiger partial charge in [-0.2, -0.15) is 10.4 Å². The molecule has 74 valence electrons. The number of nitrogens with zero attached hydrogens (tertiary/aromatic N) is 3. The van der Waals surface area contributed by atoms with Crippen LogP contribution in [0.15, 0.2) is 30.6 Å². The Bertz CT molecular complexity index is 534. The number of hydrogen-bond acceptors (Lipinski definition) is 3. The number of aromatic nitrogens is 2. The van der Waals surface area contributed by atoms with Gasteiger partial charge in [-0.1, -0.05) is 0 Å². The number of hydrogen-bond donors (Lipinski definition) is 1. The highest BCUT2D eigenvalue weighted by Crippen LogP contribution is 2.18. The molecule has 0 spiro atoms. The average Bonchev–Trinajstić information content (AvgIpc) is 2.64. The van der Waals surface area contributed by atoms with Crippen LogP contribution in [0.3, 0.4) is 0 Å². The van der Waals surface area contributed by atoms with Gasteiger partial charge < -0.3 is 5.73 Å². The second-order valence-electron chi connectivity index (χ2n) is 3.35. The molecule has 0 bridgehead atoms. The highest BCUT2D eigenvalue weighted by molar-refractivity contribution is 5.60. The summed E-state index contributed by atoms with van der Waals surface area (Å²) in [5.41, 5.74) is 8.80. The molecule has 1 aromatic carbocycles. The summed E-state index contributed by atoms with van der Waals surface area (Å²) in [6, 6.07) is 7.20. The molecular formula is C11H10N4. The normalized spacial score (nSPS) is 9.87. The van der Waals surface area contributed by atoms with Crippen LogP contribution in [0.25, 0.3) is 5.69 Å². The third kappa shape index (κ3) is 1.67. The van der Waals surface area contributed by atoms with Crippen LogP contribution in [0.2, 0.25) is 0 Å². The molecule has 0 aliphatic heterocycles. The zero-order chi connectivity index (χ0) is 10.8. The van der Waals surface area contributed by atoms with Crippen LogP contribution in [-0.4, -0.2) is 9.78 Å². The van der Waals surface area contributed by atoms with Crippen molar-refractivity contribution < 1.29 is 0 Å². The molecule has 2 N–H and O–H groups in total. The molecule has 4 heteroatoms. The number of nitrogen functional groups attached to an aromatic ring is 1. The van der Waals surface area contributed by atoms with Gasteiger partial charge in [-0.15, -0.1) is 0 Å². The van der Waals surface area contributed by atoms with Gasteiger partial charge in [-0.05, 0) is 30.7 Å². The van der Waals surface area contributed by atoms with E-state index in [4.69, 9.17) is 11.0 Å². The molecule has 0 saturated carbocycles. The van der Waals surface area contributed by atoms with E-state index in [1.807, 2.05) is 19.2 Å². The largest absolute Gasteiger partial charge is 0.397 e. The van der Waals surface area contributed by atoms with Crippen LogP contribution < -0.4 is 5.73 Å². The minimum absolute atomic E-state index is 0.553. The molecule has 2 rings (SSSR count). The van der Waals surface area contributed by atoms with Crippen LogP contribution in [0, 0.1) is 18.3 Å². The van der Waals surface area contributed by atoms with E-state index in [2.05, 4.69) is 5.10 Å². The predicted molar refractivity (Wildman–Crippen MR) is 57.4 cm³/mol. The lowest BCUT2D eigenvalue weighted by molar-refractivity contribution is 0.882. The summed E-state index contributed by atoms with van der Waals surface area (Å²) >= 11 is 0. The molecule has 0 aliphatic rings. The SMILES string of the molecule is Cc1cnn(-c2ccc(C#N)cc2N)c1. The Hall–Kier alpha value is -2.28. The maximum absolute atomic E-state index is 8.70. The molecule has 0 fully saturated rings. The minimum Gasteiger partial charge on any atom is -0.397 e. The fraction of sp³-hybridized carbons (Fsp3) is 0.0909. The van der Waals surface area contributed by atoms with Crippen molar-refractivity contribution in [3.05, 3.63) is 41.7 Å². The zero-order valence-corrected chi connectivity index (χ0v) is 8.31. The molecule has 0 aliphatic carbocycles. The van der Waals surface area contributed by atoms with Crippen molar-refractivity contribution >= 4 is 5.69 Å². The van der Waals surface area contributed by atoms with Crippen LogP contribution in [0.4, 0.5) is 5.69 Å². The summed E-state index contributed by atoms with van der Waals surface area (Å²) in [5, 5.41) is 12.9. The lowest BCUT2D eigenvalue weighted by Gasteiger charge is -2.05. The Kier molecular flexibility index (Phi) is 2.14. The first kappa shape index (κ1) is 9.28.